The van der Waals surface area contributed by atoms with E-state index in [4.69, 9.17) is 9.84 Å². The van der Waals surface area contributed by atoms with Gasteiger partial charge in [-0.1, -0.05) is 0 Å². The van der Waals surface area contributed by atoms with Gasteiger partial charge in [-0.2, -0.15) is 5.10 Å². The maximum Gasteiger partial charge on any atom is 0.250 e. The van der Waals surface area contributed by atoms with E-state index in [-0.39, 0.29) is 36.1 Å². The molecule has 3 atom stereocenters. The van der Waals surface area contributed by atoms with Gasteiger partial charge in [0.25, 0.3) is 0 Å². The third-order valence-corrected chi connectivity index (χ3v) is 8.29. The molecule has 2 aliphatic rings. The second-order valence-corrected chi connectivity index (χ2v) is 12.3. The fraction of sp³-hybridized carbons (Fsp3) is 0.655. The Morgan fingerprint density at radius 3 is 2.58 bits per heavy atom. The number of hydrogen-bond donors (Lipinski definition) is 3. The molecular weight excluding hydrogens is 508 g/mol. The largest absolute Gasteiger partial charge is 0.393 e. The maximum absolute atomic E-state index is 13.7. The summed E-state index contributed by atoms with van der Waals surface area (Å²) in [6, 6.07) is 2.75. The Morgan fingerprint density at radius 2 is 1.90 bits per heavy atom. The lowest BCUT2D eigenvalue weighted by Crippen LogP contribution is -2.59. The molecule has 0 aromatic carbocycles. The van der Waals surface area contributed by atoms with Gasteiger partial charge < -0.3 is 25.4 Å². The average molecular weight is 553 g/mol. The summed E-state index contributed by atoms with van der Waals surface area (Å²) in [6.45, 7) is 12.0. The van der Waals surface area contributed by atoms with E-state index in [1.165, 1.54) is 0 Å². The van der Waals surface area contributed by atoms with Crippen LogP contribution in [0.1, 0.15) is 71.9 Å². The van der Waals surface area contributed by atoms with Crippen LogP contribution in [0.4, 0.5) is 5.95 Å². The molecule has 5 rings (SSSR count). The highest BCUT2D eigenvalue weighted by Gasteiger charge is 2.37. The Kier molecular flexibility index (Phi) is 8.17. The monoisotopic (exact) mass is 552 g/mol. The number of piperazine rings is 1. The van der Waals surface area contributed by atoms with E-state index in [0.29, 0.717) is 25.6 Å². The number of hydrogen-bond acceptors (Lipinski definition) is 8. The van der Waals surface area contributed by atoms with Crippen LogP contribution in [-0.4, -0.2) is 91.3 Å². The Bertz CT molecular complexity index is 1320. The molecule has 11 heteroatoms. The lowest BCUT2D eigenvalue weighted by molar-refractivity contribution is -0.141. The predicted molar refractivity (Wildman–Crippen MR) is 154 cm³/mol. The minimum Gasteiger partial charge on any atom is -0.393 e. The van der Waals surface area contributed by atoms with Gasteiger partial charge in [0.2, 0.25) is 11.9 Å². The Hall–Kier alpha value is -3.02. The van der Waals surface area contributed by atoms with Crippen molar-refractivity contribution in [1.29, 1.82) is 0 Å². The summed E-state index contributed by atoms with van der Waals surface area (Å²) in [5, 5.41) is 26.5. The van der Waals surface area contributed by atoms with E-state index in [1.807, 2.05) is 48.8 Å². The third-order valence-electron chi connectivity index (χ3n) is 8.29. The number of anilines is 1. The van der Waals surface area contributed by atoms with Crippen LogP contribution in [0, 0.1) is 0 Å². The zero-order valence-electron chi connectivity index (χ0n) is 24.6. The van der Waals surface area contributed by atoms with Crippen LogP contribution in [0.3, 0.4) is 0 Å². The van der Waals surface area contributed by atoms with Crippen molar-refractivity contribution in [1.82, 2.24) is 34.6 Å². The molecule has 4 heterocycles. The van der Waals surface area contributed by atoms with E-state index < -0.39 is 5.54 Å². The number of carbonyl (C=O) groups excluding carboxylic acids is 1. The standard InChI is InChI=1S/C29H44N8O3/c1-18-14-35(15-19(2)32-18)27(39)29(4,5)36-16-22(12-31-36)24-11-25(21-7-9-23(38)10-8-21)37-26(24)13-30-28(34-37)33-20(3)17-40-6/h11-13,16,18-21,23,32,38H,7-10,14-15,17H2,1-6H3,(H,33,34)/t18-,19+,20-,21-,23+/m0/s1. The number of carbonyl (C=O) groups is 1. The number of methoxy groups -OCH3 is 1. The van der Waals surface area contributed by atoms with Crippen molar-refractivity contribution in [2.45, 2.75) is 96.0 Å². The molecule has 2 fully saturated rings. The molecule has 218 valence electrons. The molecule has 1 aliphatic heterocycles. The molecule has 3 aromatic heterocycles. The van der Waals surface area contributed by atoms with Crippen LogP contribution >= 0.6 is 0 Å². The first-order valence-corrected chi connectivity index (χ1v) is 14.5. The van der Waals surface area contributed by atoms with Crippen molar-refractivity contribution in [3.63, 3.8) is 0 Å². The minimum atomic E-state index is -0.835. The first-order valence-electron chi connectivity index (χ1n) is 14.5. The van der Waals surface area contributed by atoms with E-state index in [0.717, 1.165) is 48.0 Å². The minimum absolute atomic E-state index is 0.0606. The highest BCUT2D eigenvalue weighted by Crippen LogP contribution is 2.38. The van der Waals surface area contributed by atoms with Crippen LogP contribution < -0.4 is 10.6 Å². The van der Waals surface area contributed by atoms with Gasteiger partial charge in [0.15, 0.2) is 0 Å². The summed E-state index contributed by atoms with van der Waals surface area (Å²) < 4.78 is 9.03. The highest BCUT2D eigenvalue weighted by molar-refractivity contribution is 5.85. The second kappa shape index (κ2) is 11.5. The van der Waals surface area contributed by atoms with Crippen LogP contribution in [0.15, 0.2) is 24.7 Å². The number of amides is 1. The summed E-state index contributed by atoms with van der Waals surface area (Å²) in [4.78, 5) is 20.2. The Morgan fingerprint density at radius 1 is 1.20 bits per heavy atom. The van der Waals surface area contributed by atoms with Crippen LogP contribution in [-0.2, 0) is 15.1 Å². The van der Waals surface area contributed by atoms with Crippen LogP contribution in [0.2, 0.25) is 0 Å². The molecule has 11 nitrogen and oxygen atoms in total. The summed E-state index contributed by atoms with van der Waals surface area (Å²) in [6.07, 6.45) is 8.78. The van der Waals surface area contributed by atoms with E-state index >= 15 is 0 Å². The van der Waals surface area contributed by atoms with Crippen molar-refractivity contribution in [2.75, 3.05) is 32.1 Å². The van der Waals surface area contributed by atoms with Crippen LogP contribution in [0.5, 0.6) is 0 Å². The fourth-order valence-corrected chi connectivity index (χ4v) is 6.23. The van der Waals surface area contributed by atoms with Crippen molar-refractivity contribution >= 4 is 17.4 Å². The topological polar surface area (TPSA) is 122 Å². The molecule has 3 N–H and O–H groups in total. The number of fused-ring (bicyclic) bond motifs is 1. The highest BCUT2D eigenvalue weighted by atomic mass is 16.5. The zero-order chi connectivity index (χ0) is 28.6. The molecule has 1 saturated heterocycles. The number of aliphatic hydroxyl groups excluding tert-OH is 1. The number of aromatic nitrogens is 5. The van der Waals surface area contributed by atoms with Crippen molar-refractivity contribution < 1.29 is 14.6 Å². The SMILES string of the molecule is COC[C@H](C)Nc1ncc2c(-c3cnn(C(C)(C)C(=O)N4C[C@@H](C)N[C@@H](C)C4)c3)cc([C@H]3CC[C@@H](O)CC3)n2n1. The molecule has 1 aliphatic carbocycles. The number of ether oxygens (including phenoxy) is 1. The van der Waals surface area contributed by atoms with Gasteiger partial charge in [0.05, 0.1) is 30.6 Å². The van der Waals surface area contributed by atoms with Gasteiger partial charge in [-0.3, -0.25) is 9.48 Å². The summed E-state index contributed by atoms with van der Waals surface area (Å²) in [7, 11) is 1.68. The fourth-order valence-electron chi connectivity index (χ4n) is 6.23. The van der Waals surface area contributed by atoms with Gasteiger partial charge in [-0.05, 0) is 66.4 Å². The number of nitrogens with zero attached hydrogens (tertiary/aromatic N) is 6. The van der Waals surface area contributed by atoms with Gasteiger partial charge >= 0.3 is 0 Å². The van der Waals surface area contributed by atoms with Gasteiger partial charge in [0.1, 0.15) is 5.54 Å². The summed E-state index contributed by atoms with van der Waals surface area (Å²) >= 11 is 0. The van der Waals surface area contributed by atoms with Crippen molar-refractivity contribution in [3.05, 3.63) is 30.4 Å². The molecule has 0 bridgehead atoms. The molecular formula is C29H44N8O3. The number of nitrogens with one attached hydrogen (secondary N) is 2. The van der Waals surface area contributed by atoms with Gasteiger partial charge in [-0.25, -0.2) is 9.50 Å². The molecule has 1 saturated carbocycles. The second-order valence-electron chi connectivity index (χ2n) is 12.3. The normalized spacial score (nSPS) is 24.8. The first-order chi connectivity index (χ1) is 19.1. The summed E-state index contributed by atoms with van der Waals surface area (Å²) in [5.74, 6) is 0.890. The van der Waals surface area contributed by atoms with Crippen molar-refractivity contribution in [3.8, 4) is 11.1 Å². The maximum atomic E-state index is 13.7. The Balaban J connectivity index is 1.48. The molecule has 0 radical (unpaired) electrons. The number of rotatable bonds is 8. The quantitative estimate of drug-likeness (QED) is 0.390. The molecule has 3 aromatic rings. The predicted octanol–water partition coefficient (Wildman–Crippen LogP) is 3.00. The zero-order valence-corrected chi connectivity index (χ0v) is 24.6. The average Bonchev–Trinajstić information content (AvgIpc) is 3.54. The number of aliphatic hydroxyl groups is 1. The van der Waals surface area contributed by atoms with Crippen molar-refractivity contribution in [2.24, 2.45) is 0 Å². The smallest absolute Gasteiger partial charge is 0.250 e. The van der Waals surface area contributed by atoms with Gasteiger partial charge in [0, 0.05) is 67.3 Å². The Labute approximate surface area is 236 Å². The molecule has 40 heavy (non-hydrogen) atoms. The van der Waals surface area contributed by atoms with Gasteiger partial charge in [-0.15, -0.1) is 5.10 Å². The lowest BCUT2D eigenvalue weighted by atomic mass is 9.85. The molecule has 1 amide bonds. The first kappa shape index (κ1) is 28.5. The third kappa shape index (κ3) is 5.73. The lowest BCUT2D eigenvalue weighted by Gasteiger charge is -2.40. The van der Waals surface area contributed by atoms with Crippen LogP contribution in [0.25, 0.3) is 16.6 Å². The molecule has 0 spiro atoms. The molecule has 0 unspecified atom stereocenters. The van der Waals surface area contributed by atoms with E-state index in [9.17, 15) is 9.90 Å². The summed E-state index contributed by atoms with van der Waals surface area (Å²) in [5.41, 5.74) is 3.06. The van der Waals surface area contributed by atoms with E-state index in [1.54, 1.807) is 11.8 Å². The van der Waals surface area contributed by atoms with E-state index in [2.05, 4.69) is 40.6 Å².